The van der Waals surface area contributed by atoms with Crippen molar-refractivity contribution in [1.82, 2.24) is 0 Å². The van der Waals surface area contributed by atoms with E-state index in [-0.39, 0.29) is 28.4 Å². The average molecular weight is 356 g/mol. The second kappa shape index (κ2) is 6.48. The number of hydrogen-bond acceptors (Lipinski definition) is 6. The van der Waals surface area contributed by atoms with Gasteiger partial charge in [-0.05, 0) is 49.8 Å². The van der Waals surface area contributed by atoms with Crippen molar-refractivity contribution in [3.8, 4) is 17.2 Å². The van der Waals surface area contributed by atoms with Gasteiger partial charge in [-0.1, -0.05) is 18.2 Å². The summed E-state index contributed by atoms with van der Waals surface area (Å²) in [6.45, 7) is 2.99. The smallest absolute Gasteiger partial charge is 0.189 e. The molecule has 136 valence electrons. The minimum atomic E-state index is -1.33. The second-order valence-electron chi connectivity index (χ2n) is 6.80. The largest absolute Gasteiger partial charge is 0.508 e. The summed E-state index contributed by atoms with van der Waals surface area (Å²) in [6.07, 6.45) is 0.657. The van der Waals surface area contributed by atoms with E-state index in [0.29, 0.717) is 5.56 Å². The van der Waals surface area contributed by atoms with Gasteiger partial charge in [-0.15, -0.1) is 0 Å². The van der Waals surface area contributed by atoms with Crippen molar-refractivity contribution in [2.24, 2.45) is 0 Å². The minimum absolute atomic E-state index is 0.0258. The molecule has 0 saturated heterocycles. The molecule has 6 nitrogen and oxygen atoms in total. The third-order valence-electron chi connectivity index (χ3n) is 4.30. The first-order chi connectivity index (χ1) is 12.2. The number of phenolic OH excluding ortho intramolecular Hbond substituents is 2. The van der Waals surface area contributed by atoms with E-state index in [1.165, 1.54) is 44.2 Å². The minimum Gasteiger partial charge on any atom is -0.508 e. The van der Waals surface area contributed by atoms with E-state index in [4.69, 9.17) is 4.74 Å². The Balaban J connectivity index is 1.88. The Labute approximate surface area is 150 Å². The average Bonchev–Trinajstić information content (AvgIpc) is 2.92. The zero-order chi connectivity index (χ0) is 19.1. The number of ketones is 1. The van der Waals surface area contributed by atoms with Gasteiger partial charge >= 0.3 is 0 Å². The molecule has 1 heterocycles. The topological polar surface area (TPSA) is 107 Å². The maximum Gasteiger partial charge on any atom is 0.189 e. The lowest BCUT2D eigenvalue weighted by Gasteiger charge is -2.27. The fourth-order valence-corrected chi connectivity index (χ4v) is 2.91. The molecule has 1 aliphatic heterocycles. The van der Waals surface area contributed by atoms with E-state index in [2.05, 4.69) is 0 Å². The van der Waals surface area contributed by atoms with Crippen LogP contribution in [0.5, 0.6) is 17.2 Å². The van der Waals surface area contributed by atoms with Crippen LogP contribution in [0.15, 0.2) is 42.5 Å². The summed E-state index contributed by atoms with van der Waals surface area (Å²) in [5.41, 5.74) is -0.491. The number of allylic oxidation sites excluding steroid dienone is 1. The highest BCUT2D eigenvalue weighted by molar-refractivity contribution is 6.09. The summed E-state index contributed by atoms with van der Waals surface area (Å²) in [5, 5.41) is 40.2. The van der Waals surface area contributed by atoms with E-state index in [0.717, 1.165) is 0 Å². The summed E-state index contributed by atoms with van der Waals surface area (Å²) >= 11 is 0. The number of phenols is 2. The van der Waals surface area contributed by atoms with Crippen molar-refractivity contribution in [3.05, 3.63) is 59.2 Å². The SMILES string of the molecule is CC(C)(O)[C@H]1Oc2ccc(C(=O)/C=C/c3ccc(O)cc3)c(O)c2[C@@H]1O. The number of carbonyl (C=O) groups excluding carboxylic acids is 1. The molecule has 6 heteroatoms. The number of benzene rings is 2. The number of rotatable bonds is 4. The molecule has 0 radical (unpaired) electrons. The molecule has 0 saturated carbocycles. The number of fused-ring (bicyclic) bond motifs is 1. The van der Waals surface area contributed by atoms with Gasteiger partial charge in [-0.2, -0.15) is 0 Å². The lowest BCUT2D eigenvalue weighted by Crippen LogP contribution is -2.41. The molecule has 26 heavy (non-hydrogen) atoms. The molecule has 0 unspecified atom stereocenters. The van der Waals surface area contributed by atoms with Gasteiger partial charge in [0.15, 0.2) is 11.9 Å². The van der Waals surface area contributed by atoms with Gasteiger partial charge in [0.1, 0.15) is 23.4 Å². The number of aliphatic hydroxyl groups excluding tert-OH is 1. The highest BCUT2D eigenvalue weighted by Gasteiger charge is 2.44. The van der Waals surface area contributed by atoms with Crippen LogP contribution in [-0.4, -0.2) is 37.9 Å². The van der Waals surface area contributed by atoms with Crippen molar-refractivity contribution >= 4 is 11.9 Å². The van der Waals surface area contributed by atoms with Crippen LogP contribution in [0.25, 0.3) is 6.08 Å². The fraction of sp³-hybridized carbons (Fsp3) is 0.250. The molecule has 2 aromatic carbocycles. The molecule has 3 rings (SSSR count). The summed E-state index contributed by atoms with van der Waals surface area (Å²) in [5.74, 6) is -0.444. The number of carbonyl (C=O) groups is 1. The third kappa shape index (κ3) is 3.29. The van der Waals surface area contributed by atoms with Gasteiger partial charge in [0.05, 0.1) is 16.7 Å². The van der Waals surface area contributed by atoms with Crippen LogP contribution < -0.4 is 4.74 Å². The second-order valence-corrected chi connectivity index (χ2v) is 6.80. The molecular weight excluding hydrogens is 336 g/mol. The van der Waals surface area contributed by atoms with Gasteiger partial charge in [-0.3, -0.25) is 4.79 Å². The third-order valence-corrected chi connectivity index (χ3v) is 4.30. The Hall–Kier alpha value is -2.83. The Morgan fingerprint density at radius 2 is 1.77 bits per heavy atom. The first kappa shape index (κ1) is 18.0. The zero-order valence-corrected chi connectivity index (χ0v) is 14.4. The Kier molecular flexibility index (Phi) is 4.48. The van der Waals surface area contributed by atoms with Gasteiger partial charge < -0.3 is 25.2 Å². The van der Waals surface area contributed by atoms with Crippen LogP contribution in [0.1, 0.15) is 41.4 Å². The quantitative estimate of drug-likeness (QED) is 0.495. The van der Waals surface area contributed by atoms with Crippen molar-refractivity contribution in [1.29, 1.82) is 0 Å². The van der Waals surface area contributed by atoms with Gasteiger partial charge in [-0.25, -0.2) is 0 Å². The molecular formula is C20H20O6. The maximum atomic E-state index is 12.4. The molecule has 0 fully saturated rings. The van der Waals surface area contributed by atoms with Gasteiger partial charge in [0.2, 0.25) is 0 Å². The van der Waals surface area contributed by atoms with Crippen molar-refractivity contribution < 1.29 is 30.0 Å². The molecule has 1 aliphatic rings. The lowest BCUT2D eigenvalue weighted by atomic mass is 9.92. The number of aliphatic hydroxyl groups is 2. The molecule has 2 aromatic rings. The lowest BCUT2D eigenvalue weighted by molar-refractivity contribution is -0.0764. The normalized spacial score (nSPS) is 19.4. The maximum absolute atomic E-state index is 12.4. The summed E-state index contributed by atoms with van der Waals surface area (Å²) in [4.78, 5) is 12.4. The Bertz CT molecular complexity index is 861. The predicted octanol–water partition coefficient (Wildman–Crippen LogP) is 2.56. The highest BCUT2D eigenvalue weighted by Crippen LogP contribution is 2.46. The highest BCUT2D eigenvalue weighted by atomic mass is 16.5. The van der Waals surface area contributed by atoms with Crippen molar-refractivity contribution in [2.75, 3.05) is 0 Å². The Morgan fingerprint density at radius 3 is 2.38 bits per heavy atom. The number of ether oxygens (including phenoxy) is 1. The summed E-state index contributed by atoms with van der Waals surface area (Å²) in [6, 6.07) is 9.20. The monoisotopic (exact) mass is 356 g/mol. The van der Waals surface area contributed by atoms with Crippen LogP contribution >= 0.6 is 0 Å². The zero-order valence-electron chi connectivity index (χ0n) is 14.4. The Morgan fingerprint density at radius 1 is 1.12 bits per heavy atom. The molecule has 0 aliphatic carbocycles. The van der Waals surface area contributed by atoms with Crippen LogP contribution in [0.4, 0.5) is 0 Å². The molecule has 0 amide bonds. The molecule has 4 N–H and O–H groups in total. The first-order valence-electron chi connectivity index (χ1n) is 8.13. The standard InChI is InChI=1S/C20H20O6/c1-20(2,25)19-18(24)16-15(26-19)10-8-13(17(16)23)14(22)9-5-11-3-6-12(21)7-4-11/h3-10,18-19,21,23-25H,1-2H3/b9-5+/t18-,19-/m0/s1. The van der Waals surface area contributed by atoms with Crippen LogP contribution in [0.2, 0.25) is 0 Å². The molecule has 0 spiro atoms. The molecule has 2 atom stereocenters. The first-order valence-corrected chi connectivity index (χ1v) is 8.13. The van der Waals surface area contributed by atoms with Gasteiger partial charge in [0, 0.05) is 0 Å². The van der Waals surface area contributed by atoms with Crippen LogP contribution in [-0.2, 0) is 0 Å². The van der Waals surface area contributed by atoms with Crippen LogP contribution in [0.3, 0.4) is 0 Å². The van der Waals surface area contributed by atoms with E-state index >= 15 is 0 Å². The summed E-state index contributed by atoms with van der Waals surface area (Å²) in [7, 11) is 0. The van der Waals surface area contributed by atoms with Crippen molar-refractivity contribution in [3.63, 3.8) is 0 Å². The predicted molar refractivity (Wildman–Crippen MR) is 95.3 cm³/mol. The molecule has 0 aromatic heterocycles. The fourth-order valence-electron chi connectivity index (χ4n) is 2.91. The number of hydrogen-bond donors (Lipinski definition) is 4. The summed E-state index contributed by atoms with van der Waals surface area (Å²) < 4.78 is 5.53. The van der Waals surface area contributed by atoms with Gasteiger partial charge in [0.25, 0.3) is 0 Å². The van der Waals surface area contributed by atoms with Crippen molar-refractivity contribution in [2.45, 2.75) is 31.7 Å². The van der Waals surface area contributed by atoms with E-state index in [1.807, 2.05) is 0 Å². The van der Waals surface area contributed by atoms with Crippen LogP contribution in [0, 0.1) is 0 Å². The van der Waals surface area contributed by atoms with E-state index in [9.17, 15) is 25.2 Å². The van der Waals surface area contributed by atoms with E-state index in [1.54, 1.807) is 18.2 Å². The number of aromatic hydroxyl groups is 2. The van der Waals surface area contributed by atoms with E-state index < -0.39 is 23.6 Å². The molecule has 0 bridgehead atoms.